The lowest BCUT2D eigenvalue weighted by Gasteiger charge is -2.29. The lowest BCUT2D eigenvalue weighted by atomic mass is 9.86. The maximum absolute atomic E-state index is 12.9. The van der Waals surface area contributed by atoms with Crippen LogP contribution in [-0.4, -0.2) is 14.7 Å². The number of hydrogen-bond donors (Lipinski definition) is 0. The Kier molecular flexibility index (Phi) is 6.33. The van der Waals surface area contributed by atoms with Crippen molar-refractivity contribution >= 4 is 16.7 Å². The Balaban J connectivity index is 3.31. The summed E-state index contributed by atoms with van der Waals surface area (Å²) in [6.45, 7) is 12.7. The van der Waals surface area contributed by atoms with Crippen molar-refractivity contribution in [1.29, 1.82) is 0 Å². The molecule has 0 radical (unpaired) electrons. The van der Waals surface area contributed by atoms with Gasteiger partial charge in [0, 0.05) is 5.41 Å². The Morgan fingerprint density at radius 1 is 1.00 bits per heavy atom. The number of benzene rings is 1. The lowest BCUT2D eigenvalue weighted by Crippen LogP contribution is -2.33. The van der Waals surface area contributed by atoms with Crippen molar-refractivity contribution in [3.05, 3.63) is 35.9 Å². The Hall–Kier alpha value is -0.960. The van der Waals surface area contributed by atoms with Gasteiger partial charge in [0.2, 0.25) is 0 Å². The molecule has 0 fully saturated rings. The third-order valence-electron chi connectivity index (χ3n) is 4.24. The first-order chi connectivity index (χ1) is 9.80. The molecule has 1 aromatic carbocycles. The quantitative estimate of drug-likeness (QED) is 0.668. The molecule has 0 aliphatic heterocycles. The molecule has 2 nitrogen and oxygen atoms in total. The molecule has 0 N–H and O–H groups in total. The van der Waals surface area contributed by atoms with E-state index in [0.717, 1.165) is 30.5 Å². The van der Waals surface area contributed by atoms with E-state index in [1.165, 1.54) is 0 Å². The van der Waals surface area contributed by atoms with Gasteiger partial charge in [-0.3, -0.25) is 0 Å². The van der Waals surface area contributed by atoms with E-state index in [4.69, 9.17) is 4.40 Å². The molecule has 118 valence electrons. The molecule has 1 unspecified atom stereocenters. The minimum atomic E-state index is -1.21. The van der Waals surface area contributed by atoms with Crippen LogP contribution in [0.2, 0.25) is 0 Å². The molecule has 0 aromatic heterocycles. The van der Waals surface area contributed by atoms with Gasteiger partial charge in [0.1, 0.15) is 11.0 Å². The summed E-state index contributed by atoms with van der Waals surface area (Å²) in [6.07, 6.45) is 2.67. The summed E-state index contributed by atoms with van der Waals surface area (Å²) < 4.78 is 17.4. The SMILES string of the molecule is CCC(CC)(CC)S(=O)/N=C(/c1ccccc1)C(C)(C)C. The van der Waals surface area contributed by atoms with Crippen LogP contribution in [0.4, 0.5) is 0 Å². The van der Waals surface area contributed by atoms with E-state index in [0.29, 0.717) is 0 Å². The fraction of sp³-hybridized carbons (Fsp3) is 0.611. The van der Waals surface area contributed by atoms with Crippen molar-refractivity contribution in [3.8, 4) is 0 Å². The molecule has 0 amide bonds. The van der Waals surface area contributed by atoms with E-state index >= 15 is 0 Å². The zero-order chi connectivity index (χ0) is 16.1. The van der Waals surface area contributed by atoms with Crippen molar-refractivity contribution in [3.63, 3.8) is 0 Å². The summed E-state index contributed by atoms with van der Waals surface area (Å²) >= 11 is 0. The molecule has 0 heterocycles. The van der Waals surface area contributed by atoms with Gasteiger partial charge in [-0.1, -0.05) is 71.9 Å². The Labute approximate surface area is 132 Å². The summed E-state index contributed by atoms with van der Waals surface area (Å²) in [6, 6.07) is 10.1. The monoisotopic (exact) mass is 307 g/mol. The smallest absolute Gasteiger partial charge is 0.145 e. The van der Waals surface area contributed by atoms with Crippen LogP contribution in [-0.2, 0) is 11.0 Å². The second kappa shape index (κ2) is 7.35. The Bertz CT molecular complexity index is 487. The molecule has 0 aliphatic carbocycles. The molecule has 0 saturated heterocycles. The second-order valence-electron chi connectivity index (χ2n) is 6.55. The minimum absolute atomic E-state index is 0.127. The molecule has 3 heteroatoms. The molecule has 1 rings (SSSR count). The fourth-order valence-electron chi connectivity index (χ4n) is 2.52. The zero-order valence-corrected chi connectivity index (χ0v) is 15.1. The molecule has 0 aliphatic rings. The van der Waals surface area contributed by atoms with Crippen LogP contribution < -0.4 is 0 Å². The van der Waals surface area contributed by atoms with E-state index < -0.39 is 11.0 Å². The van der Waals surface area contributed by atoms with Crippen molar-refractivity contribution in [2.75, 3.05) is 0 Å². The van der Waals surface area contributed by atoms with Gasteiger partial charge in [-0.05, 0) is 24.8 Å². The molecule has 1 aromatic rings. The highest BCUT2D eigenvalue weighted by molar-refractivity contribution is 7.85. The van der Waals surface area contributed by atoms with Crippen LogP contribution >= 0.6 is 0 Å². The molecule has 21 heavy (non-hydrogen) atoms. The second-order valence-corrected chi connectivity index (χ2v) is 8.10. The van der Waals surface area contributed by atoms with E-state index in [9.17, 15) is 4.21 Å². The van der Waals surface area contributed by atoms with Gasteiger partial charge in [-0.2, -0.15) is 4.40 Å². The normalized spacial score (nSPS) is 15.0. The first-order valence-corrected chi connectivity index (χ1v) is 8.98. The average molecular weight is 308 g/mol. The van der Waals surface area contributed by atoms with E-state index in [-0.39, 0.29) is 10.2 Å². The molecule has 0 saturated carbocycles. The van der Waals surface area contributed by atoms with Crippen LogP contribution in [0.5, 0.6) is 0 Å². The van der Waals surface area contributed by atoms with Gasteiger partial charge in [0.25, 0.3) is 0 Å². The highest BCUT2D eigenvalue weighted by Crippen LogP contribution is 2.30. The topological polar surface area (TPSA) is 29.4 Å². The molecule has 0 spiro atoms. The van der Waals surface area contributed by atoms with Gasteiger partial charge in [-0.25, -0.2) is 4.21 Å². The molecule has 0 bridgehead atoms. The van der Waals surface area contributed by atoms with E-state index in [1.54, 1.807) is 0 Å². The molecular formula is C18H29NOS. The van der Waals surface area contributed by atoms with Gasteiger partial charge in [0.05, 0.1) is 10.5 Å². The summed E-state index contributed by atoms with van der Waals surface area (Å²) in [7, 11) is -1.21. The van der Waals surface area contributed by atoms with Crippen LogP contribution in [0.1, 0.15) is 66.4 Å². The standard InChI is InChI=1S/C18H29NOS/c1-7-18(8-2,9-3)21(20)19-16(17(4,5)6)15-13-11-10-12-14-15/h10-14H,7-9H2,1-6H3/b19-16-. The van der Waals surface area contributed by atoms with E-state index in [1.807, 2.05) is 30.3 Å². The van der Waals surface area contributed by atoms with Crippen molar-refractivity contribution < 1.29 is 4.21 Å². The predicted molar refractivity (Wildman–Crippen MR) is 94.2 cm³/mol. The fourth-order valence-corrected chi connectivity index (χ4v) is 4.00. The Morgan fingerprint density at radius 2 is 1.48 bits per heavy atom. The maximum atomic E-state index is 12.9. The van der Waals surface area contributed by atoms with Gasteiger partial charge < -0.3 is 0 Å². The van der Waals surface area contributed by atoms with Crippen LogP contribution in [0.3, 0.4) is 0 Å². The first-order valence-electron chi connectivity index (χ1n) is 7.87. The minimum Gasteiger partial charge on any atom is -0.234 e. The van der Waals surface area contributed by atoms with Crippen molar-refractivity contribution in [2.45, 2.75) is 65.6 Å². The van der Waals surface area contributed by atoms with Gasteiger partial charge >= 0.3 is 0 Å². The van der Waals surface area contributed by atoms with Crippen LogP contribution in [0.25, 0.3) is 0 Å². The Morgan fingerprint density at radius 3 is 1.86 bits per heavy atom. The zero-order valence-electron chi connectivity index (χ0n) is 14.3. The third-order valence-corrected chi connectivity index (χ3v) is 6.19. The number of rotatable bonds is 6. The highest BCUT2D eigenvalue weighted by Gasteiger charge is 2.33. The highest BCUT2D eigenvalue weighted by atomic mass is 32.2. The van der Waals surface area contributed by atoms with Gasteiger partial charge in [-0.15, -0.1) is 0 Å². The average Bonchev–Trinajstić information content (AvgIpc) is 2.47. The van der Waals surface area contributed by atoms with Gasteiger partial charge in [0.15, 0.2) is 0 Å². The first kappa shape index (κ1) is 18.1. The largest absolute Gasteiger partial charge is 0.234 e. The number of hydrogen-bond acceptors (Lipinski definition) is 1. The molecular weight excluding hydrogens is 278 g/mol. The summed E-state index contributed by atoms with van der Waals surface area (Å²) in [5.74, 6) is 0. The number of nitrogens with zero attached hydrogens (tertiary/aromatic N) is 1. The maximum Gasteiger partial charge on any atom is 0.145 e. The van der Waals surface area contributed by atoms with E-state index in [2.05, 4.69) is 41.5 Å². The summed E-state index contributed by atoms with van der Waals surface area (Å²) in [4.78, 5) is 0. The predicted octanol–water partition coefficient (Wildman–Crippen LogP) is 5.15. The summed E-state index contributed by atoms with van der Waals surface area (Å²) in [5, 5.41) is 0. The summed E-state index contributed by atoms with van der Waals surface area (Å²) in [5.41, 5.74) is 1.87. The van der Waals surface area contributed by atoms with Crippen molar-refractivity contribution in [2.24, 2.45) is 9.81 Å². The van der Waals surface area contributed by atoms with Crippen LogP contribution in [0.15, 0.2) is 34.7 Å². The van der Waals surface area contributed by atoms with Crippen LogP contribution in [0, 0.1) is 5.41 Å². The van der Waals surface area contributed by atoms with Crippen molar-refractivity contribution in [1.82, 2.24) is 0 Å². The third kappa shape index (κ3) is 4.26. The lowest BCUT2D eigenvalue weighted by molar-refractivity contribution is 0.505. The molecule has 1 atom stereocenters.